The van der Waals surface area contributed by atoms with E-state index in [-0.39, 0.29) is 36.2 Å². The second-order valence-corrected chi connectivity index (χ2v) is 8.23. The van der Waals surface area contributed by atoms with Crippen LogP contribution in [-0.2, 0) is 22.4 Å². The maximum Gasteiger partial charge on any atom is 0.253 e. The summed E-state index contributed by atoms with van der Waals surface area (Å²) < 4.78 is 0. The monoisotopic (exact) mass is 369 g/mol. The van der Waals surface area contributed by atoms with Crippen molar-refractivity contribution in [2.24, 2.45) is 5.92 Å². The minimum absolute atomic E-state index is 0.00943. The van der Waals surface area contributed by atoms with Gasteiger partial charge in [0.05, 0.1) is 5.92 Å². The zero-order chi connectivity index (χ0) is 19.1. The van der Waals surface area contributed by atoms with Gasteiger partial charge in [0.2, 0.25) is 11.8 Å². The Hall–Kier alpha value is -2.37. The third kappa shape index (κ3) is 3.33. The molecule has 0 aromatic heterocycles. The molecule has 3 saturated heterocycles. The average Bonchev–Trinajstić information content (AvgIpc) is 2.96. The van der Waals surface area contributed by atoms with Gasteiger partial charge in [0.15, 0.2) is 0 Å². The molecule has 0 saturated carbocycles. The molecule has 6 heteroatoms. The Bertz CT molecular complexity index is 789. The maximum atomic E-state index is 13.1. The molecule has 4 aliphatic rings. The molecular formula is C21H27N3O3. The van der Waals surface area contributed by atoms with Gasteiger partial charge in [-0.15, -0.1) is 0 Å². The first-order valence-corrected chi connectivity index (χ1v) is 9.85. The molecule has 0 N–H and O–H groups in total. The number of nitrogens with zero attached hydrogens (tertiary/aromatic N) is 3. The fourth-order valence-electron chi connectivity index (χ4n) is 4.59. The number of aryl methyl sites for hydroxylation is 2. The number of piperidine rings is 1. The van der Waals surface area contributed by atoms with Crippen molar-refractivity contribution in [3.05, 3.63) is 34.9 Å². The van der Waals surface area contributed by atoms with Gasteiger partial charge in [-0.2, -0.15) is 0 Å². The van der Waals surface area contributed by atoms with Crippen LogP contribution in [0.1, 0.15) is 40.7 Å². The van der Waals surface area contributed by atoms with E-state index in [0.717, 1.165) is 37.7 Å². The molecule has 3 amide bonds. The molecule has 3 heterocycles. The summed E-state index contributed by atoms with van der Waals surface area (Å²) in [5.41, 5.74) is 3.36. The Labute approximate surface area is 160 Å². The lowest BCUT2D eigenvalue weighted by molar-refractivity contribution is -0.145. The molecular weight excluding hydrogens is 342 g/mol. The fraction of sp³-hybridized carbons (Fsp3) is 0.571. The number of carbonyl (C=O) groups is 3. The number of hydrogen-bond acceptors (Lipinski definition) is 3. The van der Waals surface area contributed by atoms with Crippen LogP contribution in [0.4, 0.5) is 0 Å². The third-order valence-electron chi connectivity index (χ3n) is 6.23. The first-order valence-electron chi connectivity index (χ1n) is 9.85. The van der Waals surface area contributed by atoms with Gasteiger partial charge in [-0.05, 0) is 55.4 Å². The number of amides is 3. The van der Waals surface area contributed by atoms with Crippen molar-refractivity contribution in [2.75, 3.05) is 33.7 Å². The van der Waals surface area contributed by atoms with Crippen LogP contribution >= 0.6 is 0 Å². The highest BCUT2D eigenvalue weighted by Crippen LogP contribution is 2.30. The zero-order valence-electron chi connectivity index (χ0n) is 16.1. The second-order valence-electron chi connectivity index (χ2n) is 8.23. The van der Waals surface area contributed by atoms with Crippen LogP contribution in [0.5, 0.6) is 0 Å². The predicted molar refractivity (Wildman–Crippen MR) is 101 cm³/mol. The first kappa shape index (κ1) is 18.0. The summed E-state index contributed by atoms with van der Waals surface area (Å²) in [5.74, 6) is -0.245. The molecule has 2 atom stereocenters. The zero-order valence-corrected chi connectivity index (χ0v) is 16.1. The van der Waals surface area contributed by atoms with Crippen LogP contribution in [0.3, 0.4) is 0 Å². The van der Waals surface area contributed by atoms with E-state index >= 15 is 0 Å². The molecule has 0 spiro atoms. The highest BCUT2D eigenvalue weighted by atomic mass is 16.2. The van der Waals surface area contributed by atoms with E-state index in [0.29, 0.717) is 13.1 Å². The van der Waals surface area contributed by atoms with E-state index < -0.39 is 0 Å². The number of likely N-dealkylation sites (N-methyl/N-ethyl adjacent to an activating group) is 1. The number of carbonyl (C=O) groups excluding carboxylic acids is 3. The minimum atomic E-state index is -0.197. The molecule has 5 rings (SSSR count). The van der Waals surface area contributed by atoms with Gasteiger partial charge in [-0.3, -0.25) is 14.4 Å². The lowest BCUT2D eigenvalue weighted by Crippen LogP contribution is -2.51. The maximum absolute atomic E-state index is 13.1. The SMILES string of the molecule is CN(C)C(=O)CN1C(=O)[C@@H]2CC[C@H]1CN(C(=O)c1ccc3c(c1)CCC3)C2. The van der Waals surface area contributed by atoms with Crippen LogP contribution in [0, 0.1) is 5.92 Å². The molecule has 0 radical (unpaired) electrons. The molecule has 1 aromatic carbocycles. The summed E-state index contributed by atoms with van der Waals surface area (Å²) in [6, 6.07) is 5.97. The number of benzene rings is 1. The van der Waals surface area contributed by atoms with Gasteiger partial charge in [0, 0.05) is 38.8 Å². The van der Waals surface area contributed by atoms with Crippen LogP contribution < -0.4 is 0 Å². The van der Waals surface area contributed by atoms with Crippen molar-refractivity contribution < 1.29 is 14.4 Å². The molecule has 6 nitrogen and oxygen atoms in total. The predicted octanol–water partition coefficient (Wildman–Crippen LogP) is 1.33. The van der Waals surface area contributed by atoms with Crippen molar-refractivity contribution >= 4 is 17.7 Å². The molecule has 1 aliphatic carbocycles. The van der Waals surface area contributed by atoms with Crippen molar-refractivity contribution in [1.29, 1.82) is 0 Å². The molecule has 0 unspecified atom stereocenters. The van der Waals surface area contributed by atoms with Crippen LogP contribution in [0.2, 0.25) is 0 Å². The number of hydrogen-bond donors (Lipinski definition) is 0. The summed E-state index contributed by atoms with van der Waals surface area (Å²) in [6.07, 6.45) is 4.95. The Morgan fingerprint density at radius 2 is 1.89 bits per heavy atom. The lowest BCUT2D eigenvalue weighted by Gasteiger charge is -2.35. The highest BCUT2D eigenvalue weighted by Gasteiger charge is 2.42. The smallest absolute Gasteiger partial charge is 0.253 e. The van der Waals surface area contributed by atoms with E-state index in [2.05, 4.69) is 6.07 Å². The van der Waals surface area contributed by atoms with E-state index in [1.807, 2.05) is 17.0 Å². The standard InChI is InChI=1S/C21H27N3O3/c1-22(2)19(25)13-24-18-9-8-17(21(24)27)11-23(12-18)20(26)16-7-6-14-4-3-5-15(14)10-16/h6-7,10,17-18H,3-5,8-9,11-13H2,1-2H3/t17-,18+/m1/s1. The van der Waals surface area contributed by atoms with Crippen molar-refractivity contribution in [3.63, 3.8) is 0 Å². The molecule has 1 aromatic rings. The van der Waals surface area contributed by atoms with Crippen LogP contribution in [0.15, 0.2) is 18.2 Å². The molecule has 27 heavy (non-hydrogen) atoms. The molecule has 144 valence electrons. The van der Waals surface area contributed by atoms with Gasteiger partial charge >= 0.3 is 0 Å². The largest absolute Gasteiger partial charge is 0.347 e. The summed E-state index contributed by atoms with van der Waals surface area (Å²) in [6.45, 7) is 1.07. The van der Waals surface area contributed by atoms with E-state index in [9.17, 15) is 14.4 Å². The van der Waals surface area contributed by atoms with Gasteiger partial charge in [0.25, 0.3) is 5.91 Å². The fourth-order valence-corrected chi connectivity index (χ4v) is 4.59. The van der Waals surface area contributed by atoms with E-state index in [1.165, 1.54) is 16.0 Å². The van der Waals surface area contributed by atoms with E-state index in [4.69, 9.17) is 0 Å². The normalized spacial score (nSPS) is 24.0. The Morgan fingerprint density at radius 1 is 1.11 bits per heavy atom. The highest BCUT2D eigenvalue weighted by molar-refractivity contribution is 5.95. The summed E-state index contributed by atoms with van der Waals surface area (Å²) in [4.78, 5) is 43.2. The van der Waals surface area contributed by atoms with Crippen LogP contribution in [0.25, 0.3) is 0 Å². The van der Waals surface area contributed by atoms with Gasteiger partial charge in [0.1, 0.15) is 6.54 Å². The van der Waals surface area contributed by atoms with Gasteiger partial charge in [-0.25, -0.2) is 0 Å². The van der Waals surface area contributed by atoms with Gasteiger partial charge < -0.3 is 14.7 Å². The third-order valence-corrected chi connectivity index (χ3v) is 6.23. The van der Waals surface area contributed by atoms with Crippen molar-refractivity contribution in [2.45, 2.75) is 38.1 Å². The minimum Gasteiger partial charge on any atom is -0.347 e. The summed E-state index contributed by atoms with van der Waals surface area (Å²) in [7, 11) is 3.40. The molecule has 3 aliphatic heterocycles. The molecule has 3 fully saturated rings. The van der Waals surface area contributed by atoms with E-state index in [1.54, 1.807) is 19.0 Å². The average molecular weight is 369 g/mol. The Morgan fingerprint density at radius 3 is 2.67 bits per heavy atom. The number of rotatable bonds is 3. The Kier molecular flexibility index (Phi) is 4.66. The van der Waals surface area contributed by atoms with Crippen molar-refractivity contribution in [3.8, 4) is 0 Å². The van der Waals surface area contributed by atoms with Gasteiger partial charge in [-0.1, -0.05) is 6.07 Å². The summed E-state index contributed by atoms with van der Waals surface area (Å²) in [5, 5.41) is 0. The second kappa shape index (κ2) is 6.98. The quantitative estimate of drug-likeness (QED) is 0.808. The summed E-state index contributed by atoms with van der Waals surface area (Å²) >= 11 is 0. The number of fused-ring (bicyclic) bond motifs is 5. The molecule has 2 bridgehead atoms. The van der Waals surface area contributed by atoms with Crippen LogP contribution in [-0.4, -0.2) is 72.2 Å². The topological polar surface area (TPSA) is 60.9 Å². The van der Waals surface area contributed by atoms with Crippen molar-refractivity contribution in [1.82, 2.24) is 14.7 Å². The Balaban J connectivity index is 1.53. The first-order chi connectivity index (χ1) is 12.9. The lowest BCUT2D eigenvalue weighted by atomic mass is 9.94.